The van der Waals surface area contributed by atoms with Gasteiger partial charge in [-0.1, -0.05) is 0 Å². The number of carbonyl (C=O) groups excluding carboxylic acids is 2. The van der Waals surface area contributed by atoms with Gasteiger partial charge in [-0.2, -0.15) is 0 Å². The topological polar surface area (TPSA) is 77.0 Å². The Morgan fingerprint density at radius 2 is 1.85 bits per heavy atom. The number of nitrogens with one attached hydrogen (secondary N) is 1. The molecule has 26 heavy (non-hydrogen) atoms. The zero-order chi connectivity index (χ0) is 19.0. The van der Waals surface area contributed by atoms with Crippen molar-refractivity contribution in [2.75, 3.05) is 6.61 Å². The summed E-state index contributed by atoms with van der Waals surface area (Å²) in [5.41, 5.74) is 6.27. The van der Waals surface area contributed by atoms with Crippen LogP contribution in [0.4, 0.5) is 0 Å². The molecular weight excluding hydrogens is 330 g/mol. The molecule has 136 valence electrons. The highest BCUT2D eigenvalue weighted by Crippen LogP contribution is 2.22. The highest BCUT2D eigenvalue weighted by molar-refractivity contribution is 6.01. The summed E-state index contributed by atoms with van der Waals surface area (Å²) >= 11 is 0. The Morgan fingerprint density at radius 1 is 1.15 bits per heavy atom. The number of aryl methyl sites for hydroxylation is 3. The second-order valence-corrected chi connectivity index (χ2v) is 6.57. The highest BCUT2D eigenvalue weighted by atomic mass is 16.5. The zero-order valence-electron chi connectivity index (χ0n) is 15.8. The first-order valence-corrected chi connectivity index (χ1v) is 8.65. The van der Waals surface area contributed by atoms with E-state index in [4.69, 9.17) is 4.74 Å². The summed E-state index contributed by atoms with van der Waals surface area (Å²) in [5, 5.41) is 0. The average molecular weight is 353 g/mol. The number of carbonyl (C=O) groups is 2. The fraction of sp³-hybridized carbons (Fsp3) is 0.350. The first-order chi connectivity index (χ1) is 12.3. The van der Waals surface area contributed by atoms with Crippen molar-refractivity contribution in [1.82, 2.24) is 14.5 Å². The fourth-order valence-corrected chi connectivity index (χ4v) is 3.21. The largest absolute Gasteiger partial charge is 0.462 e. The van der Waals surface area contributed by atoms with Gasteiger partial charge in [0.05, 0.1) is 41.8 Å². The number of fused-ring (bicyclic) bond motifs is 1. The van der Waals surface area contributed by atoms with E-state index < -0.39 is 5.97 Å². The van der Waals surface area contributed by atoms with Crippen molar-refractivity contribution < 1.29 is 14.3 Å². The zero-order valence-corrected chi connectivity index (χ0v) is 15.8. The lowest BCUT2D eigenvalue weighted by atomic mass is 10.1. The molecule has 0 unspecified atom stereocenters. The average Bonchev–Trinajstić information content (AvgIpc) is 3.09. The van der Waals surface area contributed by atoms with E-state index >= 15 is 0 Å². The van der Waals surface area contributed by atoms with Crippen LogP contribution in [0.2, 0.25) is 0 Å². The van der Waals surface area contributed by atoms with Crippen molar-refractivity contribution in [2.45, 2.75) is 41.2 Å². The number of esters is 1. The predicted molar refractivity (Wildman–Crippen MR) is 99.8 cm³/mol. The molecule has 0 aliphatic heterocycles. The number of imidazole rings is 1. The Bertz CT molecular complexity index is 1010. The number of ether oxygens (including phenoxy) is 1. The Morgan fingerprint density at radius 3 is 2.54 bits per heavy atom. The van der Waals surface area contributed by atoms with Gasteiger partial charge >= 0.3 is 5.97 Å². The van der Waals surface area contributed by atoms with Crippen LogP contribution in [0.1, 0.15) is 50.2 Å². The molecule has 2 aromatic heterocycles. The second-order valence-electron chi connectivity index (χ2n) is 6.57. The van der Waals surface area contributed by atoms with E-state index in [9.17, 15) is 9.59 Å². The maximum Gasteiger partial charge on any atom is 0.340 e. The summed E-state index contributed by atoms with van der Waals surface area (Å²) in [6.07, 6.45) is 1.68. The van der Waals surface area contributed by atoms with Crippen LogP contribution in [0.15, 0.2) is 18.5 Å². The summed E-state index contributed by atoms with van der Waals surface area (Å²) < 4.78 is 6.92. The number of aromatic amines is 1. The molecule has 1 N–H and O–H groups in total. The summed E-state index contributed by atoms with van der Waals surface area (Å²) in [6.45, 7) is 9.83. The number of nitrogens with zero attached hydrogens (tertiary/aromatic N) is 2. The maximum atomic E-state index is 12.8. The minimum Gasteiger partial charge on any atom is -0.462 e. The standard InChI is InChI=1S/C20H23N3O3/c1-6-26-20(25)18-13(4)19(22-14(18)5)17(24)9-23-10-21-15-7-11(2)12(3)8-16(15)23/h7-8,10,22H,6,9H2,1-5H3. The van der Waals surface area contributed by atoms with Gasteiger partial charge in [0.1, 0.15) is 0 Å². The molecular formula is C20H23N3O3. The Balaban J connectivity index is 1.93. The van der Waals surface area contributed by atoms with Gasteiger partial charge in [0.25, 0.3) is 0 Å². The molecule has 0 spiro atoms. The van der Waals surface area contributed by atoms with Gasteiger partial charge < -0.3 is 14.3 Å². The van der Waals surface area contributed by atoms with Crippen molar-refractivity contribution >= 4 is 22.8 Å². The first kappa shape index (κ1) is 17.9. The van der Waals surface area contributed by atoms with E-state index in [1.165, 1.54) is 5.56 Å². The molecule has 0 amide bonds. The normalized spacial score (nSPS) is 11.1. The lowest BCUT2D eigenvalue weighted by Gasteiger charge is -2.06. The molecule has 2 heterocycles. The minimum atomic E-state index is -0.406. The van der Waals surface area contributed by atoms with Gasteiger partial charge in [0.15, 0.2) is 5.78 Å². The molecule has 6 nitrogen and oxygen atoms in total. The lowest BCUT2D eigenvalue weighted by molar-refractivity contribution is 0.0525. The molecule has 0 saturated carbocycles. The Hall–Kier alpha value is -2.89. The molecule has 3 aromatic rings. The number of rotatable bonds is 5. The molecule has 0 aliphatic carbocycles. The molecule has 0 atom stereocenters. The van der Waals surface area contributed by atoms with E-state index in [2.05, 4.69) is 9.97 Å². The third-order valence-corrected chi connectivity index (χ3v) is 4.75. The summed E-state index contributed by atoms with van der Waals surface area (Å²) in [4.78, 5) is 32.4. The Kier molecular flexibility index (Phi) is 4.68. The van der Waals surface area contributed by atoms with Gasteiger partial charge in [0, 0.05) is 5.69 Å². The molecule has 6 heteroatoms. The van der Waals surface area contributed by atoms with Crippen molar-refractivity contribution in [1.29, 1.82) is 0 Å². The van der Waals surface area contributed by atoms with Crippen LogP contribution in [-0.4, -0.2) is 32.9 Å². The van der Waals surface area contributed by atoms with Crippen LogP contribution in [0.25, 0.3) is 11.0 Å². The van der Waals surface area contributed by atoms with Crippen molar-refractivity contribution in [3.8, 4) is 0 Å². The summed E-state index contributed by atoms with van der Waals surface area (Å²) in [6, 6.07) is 4.07. The number of ketones is 1. The molecule has 1 aromatic carbocycles. The molecule has 0 fully saturated rings. The molecule has 3 rings (SSSR count). The van der Waals surface area contributed by atoms with Gasteiger partial charge in [-0.3, -0.25) is 4.79 Å². The quantitative estimate of drug-likeness (QED) is 0.561. The maximum absolute atomic E-state index is 12.8. The van der Waals surface area contributed by atoms with E-state index in [1.807, 2.05) is 30.5 Å². The number of benzene rings is 1. The van der Waals surface area contributed by atoms with Crippen molar-refractivity contribution in [2.24, 2.45) is 0 Å². The van der Waals surface area contributed by atoms with Crippen molar-refractivity contribution in [3.05, 3.63) is 52.1 Å². The van der Waals surface area contributed by atoms with Crippen LogP contribution in [0.3, 0.4) is 0 Å². The first-order valence-electron chi connectivity index (χ1n) is 8.65. The smallest absolute Gasteiger partial charge is 0.340 e. The van der Waals surface area contributed by atoms with Gasteiger partial charge in [-0.25, -0.2) is 9.78 Å². The van der Waals surface area contributed by atoms with E-state index in [1.54, 1.807) is 27.1 Å². The highest BCUT2D eigenvalue weighted by Gasteiger charge is 2.23. The molecule has 0 aliphatic rings. The monoisotopic (exact) mass is 353 g/mol. The molecule has 0 saturated heterocycles. The van der Waals surface area contributed by atoms with Crippen LogP contribution in [-0.2, 0) is 11.3 Å². The van der Waals surface area contributed by atoms with E-state index in [0.29, 0.717) is 29.1 Å². The number of H-pyrrole nitrogens is 1. The van der Waals surface area contributed by atoms with Crippen LogP contribution in [0, 0.1) is 27.7 Å². The van der Waals surface area contributed by atoms with Gasteiger partial charge in [-0.05, 0) is 63.4 Å². The molecule has 0 bridgehead atoms. The van der Waals surface area contributed by atoms with E-state index in [-0.39, 0.29) is 12.3 Å². The summed E-state index contributed by atoms with van der Waals surface area (Å²) in [7, 11) is 0. The third-order valence-electron chi connectivity index (χ3n) is 4.75. The number of Topliss-reactive ketones (excluding diaryl/α,β-unsaturated/α-hetero) is 1. The minimum absolute atomic E-state index is 0.0984. The second kappa shape index (κ2) is 6.78. The lowest BCUT2D eigenvalue weighted by Crippen LogP contribution is -2.12. The van der Waals surface area contributed by atoms with Crippen molar-refractivity contribution in [3.63, 3.8) is 0 Å². The number of hydrogen-bond acceptors (Lipinski definition) is 4. The van der Waals surface area contributed by atoms with Crippen LogP contribution in [0.5, 0.6) is 0 Å². The van der Waals surface area contributed by atoms with Gasteiger partial charge in [-0.15, -0.1) is 0 Å². The van der Waals surface area contributed by atoms with E-state index in [0.717, 1.165) is 16.6 Å². The summed E-state index contributed by atoms with van der Waals surface area (Å²) in [5.74, 6) is -0.504. The predicted octanol–water partition coefficient (Wildman–Crippen LogP) is 3.66. The van der Waals surface area contributed by atoms with Crippen LogP contribution < -0.4 is 0 Å². The van der Waals surface area contributed by atoms with Gasteiger partial charge in [0.2, 0.25) is 0 Å². The SMILES string of the molecule is CCOC(=O)c1c(C)[nH]c(C(=O)Cn2cnc3cc(C)c(C)cc32)c1C. The Labute approximate surface area is 152 Å². The third kappa shape index (κ3) is 3.03. The number of hydrogen-bond donors (Lipinski definition) is 1. The van der Waals surface area contributed by atoms with Crippen LogP contribution >= 0.6 is 0 Å². The fourth-order valence-electron chi connectivity index (χ4n) is 3.21. The number of aromatic nitrogens is 3. The molecule has 0 radical (unpaired) electrons.